The lowest BCUT2D eigenvalue weighted by atomic mass is 9.97. The molecule has 1 aliphatic rings. The monoisotopic (exact) mass is 199 g/mol. The number of ether oxygens (including phenoxy) is 1. The summed E-state index contributed by atoms with van der Waals surface area (Å²) in [6, 6.07) is 0. The molecule has 0 spiro atoms. The van der Waals surface area contributed by atoms with Crippen molar-refractivity contribution in [2.45, 2.75) is 26.7 Å². The normalized spacial score (nSPS) is 19.0. The summed E-state index contributed by atoms with van der Waals surface area (Å²) in [6.45, 7) is 6.58. The van der Waals surface area contributed by atoms with Crippen LogP contribution in [0, 0.1) is 11.8 Å². The van der Waals surface area contributed by atoms with E-state index in [4.69, 9.17) is 4.74 Å². The predicted octanol–water partition coefficient (Wildman–Crippen LogP) is 1.53. The molecular weight excluding hydrogens is 178 g/mol. The summed E-state index contributed by atoms with van der Waals surface area (Å²) in [6.07, 6.45) is 2.18. The van der Waals surface area contributed by atoms with Crippen LogP contribution in [0.2, 0.25) is 0 Å². The number of rotatable bonds is 3. The minimum atomic E-state index is 0.133. The van der Waals surface area contributed by atoms with E-state index in [0.717, 1.165) is 32.5 Å². The van der Waals surface area contributed by atoms with Crippen LogP contribution in [-0.2, 0) is 9.53 Å². The molecule has 14 heavy (non-hydrogen) atoms. The summed E-state index contributed by atoms with van der Waals surface area (Å²) in [5.41, 5.74) is 0. The second kappa shape index (κ2) is 5.35. The molecule has 0 unspecified atom stereocenters. The highest BCUT2D eigenvalue weighted by atomic mass is 16.5. The van der Waals surface area contributed by atoms with Gasteiger partial charge in [-0.15, -0.1) is 0 Å². The molecule has 0 N–H and O–H groups in total. The zero-order valence-corrected chi connectivity index (χ0v) is 9.45. The zero-order valence-electron chi connectivity index (χ0n) is 9.45. The van der Waals surface area contributed by atoms with Gasteiger partial charge in [0.15, 0.2) is 0 Å². The third-order valence-corrected chi connectivity index (χ3v) is 2.82. The molecule has 0 atom stereocenters. The second-order valence-electron chi connectivity index (χ2n) is 4.38. The maximum absolute atomic E-state index is 11.7. The molecule has 1 heterocycles. The first kappa shape index (κ1) is 11.5. The molecule has 0 aromatic carbocycles. The minimum Gasteiger partial charge on any atom is -0.384 e. The third kappa shape index (κ3) is 2.98. The van der Waals surface area contributed by atoms with Gasteiger partial charge >= 0.3 is 0 Å². The number of carbonyl (C=O) groups excluding carboxylic acids is 1. The fourth-order valence-corrected chi connectivity index (χ4v) is 1.92. The number of hydrogen-bond donors (Lipinski definition) is 0. The Balaban J connectivity index is 2.32. The minimum absolute atomic E-state index is 0.133. The van der Waals surface area contributed by atoms with Crippen LogP contribution in [0.1, 0.15) is 26.7 Å². The van der Waals surface area contributed by atoms with E-state index in [1.165, 1.54) is 0 Å². The summed E-state index contributed by atoms with van der Waals surface area (Å²) in [5.74, 6) is 1.08. The van der Waals surface area contributed by atoms with Gasteiger partial charge in [-0.25, -0.2) is 0 Å². The number of piperidine rings is 1. The van der Waals surface area contributed by atoms with Gasteiger partial charge in [0, 0.05) is 32.7 Å². The van der Waals surface area contributed by atoms with Crippen molar-refractivity contribution in [1.82, 2.24) is 4.90 Å². The van der Waals surface area contributed by atoms with Gasteiger partial charge in [0.1, 0.15) is 0 Å². The van der Waals surface area contributed by atoms with Gasteiger partial charge in [-0.2, -0.15) is 0 Å². The average molecular weight is 199 g/mol. The maximum Gasteiger partial charge on any atom is 0.225 e. The Morgan fingerprint density at radius 3 is 2.43 bits per heavy atom. The molecule has 0 bridgehead atoms. The molecule has 1 rings (SSSR count). The van der Waals surface area contributed by atoms with Crippen LogP contribution in [0.3, 0.4) is 0 Å². The molecule has 0 radical (unpaired) electrons. The van der Waals surface area contributed by atoms with E-state index in [-0.39, 0.29) is 5.92 Å². The van der Waals surface area contributed by atoms with Gasteiger partial charge in [-0.05, 0) is 18.8 Å². The van der Waals surface area contributed by atoms with Gasteiger partial charge < -0.3 is 9.64 Å². The third-order valence-electron chi connectivity index (χ3n) is 2.82. The molecule has 3 heteroatoms. The standard InChI is InChI=1S/C11H21NO2/c1-9(2)11(13)12-6-4-10(5-7-12)8-14-3/h9-10H,4-8H2,1-3H3. The van der Waals surface area contributed by atoms with Crippen LogP contribution < -0.4 is 0 Å². The molecule has 1 amide bonds. The number of likely N-dealkylation sites (tertiary alicyclic amines) is 1. The van der Waals surface area contributed by atoms with Gasteiger partial charge in [0.2, 0.25) is 5.91 Å². The fourth-order valence-electron chi connectivity index (χ4n) is 1.92. The Bertz CT molecular complexity index is 184. The molecular formula is C11H21NO2. The van der Waals surface area contributed by atoms with Crippen LogP contribution in [0.25, 0.3) is 0 Å². The largest absolute Gasteiger partial charge is 0.384 e. The van der Waals surface area contributed by atoms with Gasteiger partial charge in [0.05, 0.1) is 0 Å². The Hall–Kier alpha value is -0.570. The first-order valence-electron chi connectivity index (χ1n) is 5.43. The Kier molecular flexibility index (Phi) is 4.39. The number of amides is 1. The maximum atomic E-state index is 11.7. The zero-order chi connectivity index (χ0) is 10.6. The van der Waals surface area contributed by atoms with Crippen LogP contribution in [0.4, 0.5) is 0 Å². The smallest absolute Gasteiger partial charge is 0.225 e. The van der Waals surface area contributed by atoms with Crippen LogP contribution in [0.5, 0.6) is 0 Å². The van der Waals surface area contributed by atoms with Crippen LogP contribution in [0.15, 0.2) is 0 Å². The number of nitrogens with zero attached hydrogens (tertiary/aromatic N) is 1. The summed E-state index contributed by atoms with van der Waals surface area (Å²) in [5, 5.41) is 0. The van der Waals surface area contributed by atoms with E-state index in [2.05, 4.69) is 0 Å². The van der Waals surface area contributed by atoms with Gasteiger partial charge in [-0.1, -0.05) is 13.8 Å². The molecule has 0 saturated carbocycles. The molecule has 0 aliphatic carbocycles. The molecule has 0 aromatic rings. The number of hydrogen-bond acceptors (Lipinski definition) is 2. The lowest BCUT2D eigenvalue weighted by Gasteiger charge is -2.32. The van der Waals surface area contributed by atoms with E-state index in [1.54, 1.807) is 7.11 Å². The summed E-state index contributed by atoms with van der Waals surface area (Å²) < 4.78 is 5.12. The van der Waals surface area contributed by atoms with Crippen molar-refractivity contribution in [2.75, 3.05) is 26.8 Å². The quantitative estimate of drug-likeness (QED) is 0.690. The molecule has 1 fully saturated rings. The van der Waals surface area contributed by atoms with Crippen molar-refractivity contribution in [3.8, 4) is 0 Å². The Morgan fingerprint density at radius 2 is 2.00 bits per heavy atom. The van der Waals surface area contributed by atoms with Gasteiger partial charge in [0.25, 0.3) is 0 Å². The van der Waals surface area contributed by atoms with Crippen molar-refractivity contribution >= 4 is 5.91 Å². The highest BCUT2D eigenvalue weighted by Gasteiger charge is 2.23. The van der Waals surface area contributed by atoms with Crippen molar-refractivity contribution < 1.29 is 9.53 Å². The lowest BCUT2D eigenvalue weighted by molar-refractivity contribution is -0.136. The van der Waals surface area contributed by atoms with Crippen molar-refractivity contribution in [2.24, 2.45) is 11.8 Å². The SMILES string of the molecule is COCC1CCN(C(=O)C(C)C)CC1. The number of carbonyl (C=O) groups is 1. The van der Waals surface area contributed by atoms with E-state index >= 15 is 0 Å². The second-order valence-corrected chi connectivity index (χ2v) is 4.38. The van der Waals surface area contributed by atoms with Crippen LogP contribution >= 0.6 is 0 Å². The van der Waals surface area contributed by atoms with Gasteiger partial charge in [-0.3, -0.25) is 4.79 Å². The molecule has 82 valence electrons. The predicted molar refractivity (Wildman–Crippen MR) is 56.0 cm³/mol. The lowest BCUT2D eigenvalue weighted by Crippen LogP contribution is -2.41. The highest BCUT2D eigenvalue weighted by molar-refractivity contribution is 5.78. The van der Waals surface area contributed by atoms with Crippen LogP contribution in [-0.4, -0.2) is 37.6 Å². The first-order chi connectivity index (χ1) is 6.65. The molecule has 1 saturated heterocycles. The topological polar surface area (TPSA) is 29.5 Å². The molecule has 3 nitrogen and oxygen atoms in total. The van der Waals surface area contributed by atoms with Crippen molar-refractivity contribution in [3.63, 3.8) is 0 Å². The summed E-state index contributed by atoms with van der Waals surface area (Å²) >= 11 is 0. The van der Waals surface area contributed by atoms with E-state index < -0.39 is 0 Å². The van der Waals surface area contributed by atoms with Crippen molar-refractivity contribution in [3.05, 3.63) is 0 Å². The summed E-state index contributed by atoms with van der Waals surface area (Å²) in [4.78, 5) is 13.6. The fraction of sp³-hybridized carbons (Fsp3) is 0.909. The van der Waals surface area contributed by atoms with Crippen molar-refractivity contribution in [1.29, 1.82) is 0 Å². The Labute approximate surface area is 86.4 Å². The number of methoxy groups -OCH3 is 1. The Morgan fingerprint density at radius 1 is 1.43 bits per heavy atom. The average Bonchev–Trinajstić information content (AvgIpc) is 2.18. The molecule has 1 aliphatic heterocycles. The highest BCUT2D eigenvalue weighted by Crippen LogP contribution is 2.18. The van der Waals surface area contributed by atoms with E-state index in [1.807, 2.05) is 18.7 Å². The van der Waals surface area contributed by atoms with E-state index in [9.17, 15) is 4.79 Å². The first-order valence-corrected chi connectivity index (χ1v) is 5.43. The molecule has 0 aromatic heterocycles. The van der Waals surface area contributed by atoms with E-state index in [0.29, 0.717) is 11.8 Å². The summed E-state index contributed by atoms with van der Waals surface area (Å²) in [7, 11) is 1.74.